The molecule has 4 nitrogen and oxygen atoms in total. The van der Waals surface area contributed by atoms with Crippen LogP contribution in [0.15, 0.2) is 22.7 Å². The third kappa shape index (κ3) is 2.66. The van der Waals surface area contributed by atoms with Gasteiger partial charge in [0.25, 0.3) is 0 Å². The Morgan fingerprint density at radius 3 is 2.72 bits per heavy atom. The third-order valence-electron chi connectivity index (χ3n) is 5.84. The van der Waals surface area contributed by atoms with Crippen molar-refractivity contribution < 1.29 is 9.53 Å². The summed E-state index contributed by atoms with van der Waals surface area (Å²) in [5.41, 5.74) is 0.643. The molecule has 0 radical (unpaired) electrons. The van der Waals surface area contributed by atoms with Crippen molar-refractivity contribution >= 4 is 66.1 Å². The number of fused-ring (bicyclic) bond motifs is 3. The number of thiophene rings is 1. The van der Waals surface area contributed by atoms with Crippen LogP contribution in [-0.4, -0.2) is 42.8 Å². The zero-order valence-electron chi connectivity index (χ0n) is 14.0. The molecular formula is C18H20Br2N2O2S. The van der Waals surface area contributed by atoms with Gasteiger partial charge in [0, 0.05) is 37.6 Å². The van der Waals surface area contributed by atoms with E-state index < -0.39 is 0 Å². The van der Waals surface area contributed by atoms with Crippen molar-refractivity contribution in [3.8, 4) is 0 Å². The number of piperidine rings is 3. The van der Waals surface area contributed by atoms with Gasteiger partial charge in [0.15, 0.2) is 0 Å². The van der Waals surface area contributed by atoms with E-state index in [1.54, 1.807) is 11.3 Å². The van der Waals surface area contributed by atoms with Crippen LogP contribution in [0.1, 0.15) is 17.7 Å². The molecule has 1 amide bonds. The van der Waals surface area contributed by atoms with Crippen LogP contribution in [0.3, 0.4) is 0 Å². The molecule has 4 fully saturated rings. The van der Waals surface area contributed by atoms with Gasteiger partial charge < -0.3 is 4.74 Å². The highest BCUT2D eigenvalue weighted by molar-refractivity contribution is 9.10. The Hall–Kier alpha value is -0.630. The summed E-state index contributed by atoms with van der Waals surface area (Å²) in [6.45, 7) is 5.98. The number of carbonyl (C=O) groups is 1. The van der Waals surface area contributed by atoms with Crippen LogP contribution in [0, 0.1) is 12.8 Å². The predicted molar refractivity (Wildman–Crippen MR) is 110 cm³/mol. The van der Waals surface area contributed by atoms with E-state index in [1.807, 2.05) is 11.0 Å². The number of nitrogens with zero attached hydrogens (tertiary/aromatic N) is 2. The second kappa shape index (κ2) is 6.22. The molecule has 134 valence electrons. The van der Waals surface area contributed by atoms with Crippen molar-refractivity contribution in [1.82, 2.24) is 4.90 Å². The molecule has 6 rings (SSSR count). The van der Waals surface area contributed by atoms with Gasteiger partial charge in [0.2, 0.25) is 0 Å². The third-order valence-corrected chi connectivity index (χ3v) is 8.21. The van der Waals surface area contributed by atoms with Crippen molar-refractivity contribution in [2.75, 3.05) is 31.1 Å². The number of amides is 1. The van der Waals surface area contributed by atoms with Gasteiger partial charge in [-0.25, -0.2) is 4.79 Å². The van der Waals surface area contributed by atoms with Gasteiger partial charge in [-0.3, -0.25) is 9.80 Å². The van der Waals surface area contributed by atoms with Crippen molar-refractivity contribution in [1.29, 1.82) is 0 Å². The fourth-order valence-electron chi connectivity index (χ4n) is 4.56. The zero-order valence-corrected chi connectivity index (χ0v) is 18.1. The number of benzene rings is 1. The Kier molecular flexibility index (Phi) is 4.42. The summed E-state index contributed by atoms with van der Waals surface area (Å²) in [5.74, 6) is 0.510. The van der Waals surface area contributed by atoms with E-state index in [0.29, 0.717) is 12.5 Å². The molecule has 1 aromatic carbocycles. The van der Waals surface area contributed by atoms with Crippen molar-refractivity contribution in [3.05, 3.63) is 27.5 Å². The molecule has 0 unspecified atom stereocenters. The summed E-state index contributed by atoms with van der Waals surface area (Å²) in [6, 6.07) is 6.28. The normalized spacial score (nSPS) is 30.8. The van der Waals surface area contributed by atoms with Crippen LogP contribution in [0.5, 0.6) is 0 Å². The second-order valence-corrected chi connectivity index (χ2v) is 9.27. The highest BCUT2D eigenvalue weighted by Crippen LogP contribution is 2.44. The first-order chi connectivity index (χ1) is 11.6. The summed E-state index contributed by atoms with van der Waals surface area (Å²) in [5, 5.41) is 1.18. The number of aryl methyl sites for hydroxylation is 1. The van der Waals surface area contributed by atoms with Gasteiger partial charge in [-0.05, 0) is 67.0 Å². The van der Waals surface area contributed by atoms with Crippen molar-refractivity contribution in [2.24, 2.45) is 5.92 Å². The van der Waals surface area contributed by atoms with Gasteiger partial charge in [0.05, 0.1) is 6.54 Å². The number of hydrogen-bond donors (Lipinski definition) is 0. The number of carbonyl (C=O) groups excluding carboxylic acids is 1. The van der Waals surface area contributed by atoms with Crippen molar-refractivity contribution in [3.63, 3.8) is 0 Å². The number of halogens is 2. The summed E-state index contributed by atoms with van der Waals surface area (Å²) < 4.78 is 8.35. The van der Waals surface area contributed by atoms with E-state index in [0.717, 1.165) is 42.6 Å². The van der Waals surface area contributed by atoms with Crippen molar-refractivity contribution in [2.45, 2.75) is 25.4 Å². The Labute approximate surface area is 170 Å². The maximum atomic E-state index is 12.6. The van der Waals surface area contributed by atoms with Gasteiger partial charge in [0.1, 0.15) is 5.60 Å². The van der Waals surface area contributed by atoms with Crippen LogP contribution in [0.25, 0.3) is 10.1 Å². The molecule has 25 heavy (non-hydrogen) atoms. The molecule has 4 saturated heterocycles. The first-order valence-electron chi connectivity index (χ1n) is 8.47. The largest absolute Gasteiger partial charge is 0.439 e. The molecule has 4 aliphatic rings. The maximum Gasteiger partial charge on any atom is 0.415 e. The maximum absolute atomic E-state index is 12.6. The highest BCUT2D eigenvalue weighted by atomic mass is 79.9. The first kappa shape index (κ1) is 17.8. The lowest BCUT2D eigenvalue weighted by Crippen LogP contribution is -2.61. The van der Waals surface area contributed by atoms with E-state index in [2.05, 4.69) is 39.9 Å². The molecule has 1 atom stereocenters. The monoisotopic (exact) mass is 486 g/mol. The fourth-order valence-corrected chi connectivity index (χ4v) is 6.19. The second-order valence-electron chi connectivity index (χ2n) is 7.22. The van der Waals surface area contributed by atoms with E-state index in [9.17, 15) is 4.79 Å². The lowest BCUT2D eigenvalue weighted by Gasteiger charge is -2.49. The lowest BCUT2D eigenvalue weighted by atomic mass is 9.75. The topological polar surface area (TPSA) is 32.8 Å². The molecule has 1 aromatic heterocycles. The van der Waals surface area contributed by atoms with Gasteiger partial charge in [-0.1, -0.05) is 0 Å². The average molecular weight is 488 g/mol. The fraction of sp³-hybridized carbons (Fsp3) is 0.500. The zero-order chi connectivity index (χ0) is 16.5. The van der Waals surface area contributed by atoms with Gasteiger partial charge in [-0.15, -0.1) is 28.3 Å². The summed E-state index contributed by atoms with van der Waals surface area (Å²) in [7, 11) is 0. The molecule has 2 bridgehead atoms. The molecule has 0 N–H and O–H groups in total. The Morgan fingerprint density at radius 1 is 1.28 bits per heavy atom. The summed E-state index contributed by atoms with van der Waals surface area (Å²) >= 11 is 5.45. The number of ether oxygens (including phenoxy) is 1. The molecule has 2 aromatic rings. The molecule has 0 aliphatic carbocycles. The van der Waals surface area contributed by atoms with E-state index in [4.69, 9.17) is 4.74 Å². The Balaban J connectivity index is 0.00000157. The summed E-state index contributed by atoms with van der Waals surface area (Å²) in [6.07, 6.45) is 2.11. The lowest BCUT2D eigenvalue weighted by molar-refractivity contribution is -0.0881. The van der Waals surface area contributed by atoms with Gasteiger partial charge >= 0.3 is 6.09 Å². The molecule has 0 saturated carbocycles. The van der Waals surface area contributed by atoms with Crippen LogP contribution >= 0.6 is 44.2 Å². The van der Waals surface area contributed by atoms with Crippen LogP contribution in [0.2, 0.25) is 0 Å². The smallest absolute Gasteiger partial charge is 0.415 e. The SMILES string of the molecule is Br.Cc1sc2ccc(N3C[C@@]4(CN5CCC4CC5)OC3=O)cc2c1Br. The van der Waals surface area contributed by atoms with Crippen LogP contribution in [-0.2, 0) is 4.74 Å². The van der Waals surface area contributed by atoms with E-state index in [-0.39, 0.29) is 28.7 Å². The number of hydrogen-bond acceptors (Lipinski definition) is 4. The minimum atomic E-state index is -0.301. The van der Waals surface area contributed by atoms with Crippen LogP contribution < -0.4 is 4.90 Å². The molecule has 4 aliphatic heterocycles. The molecule has 7 heteroatoms. The van der Waals surface area contributed by atoms with Crippen LogP contribution in [0.4, 0.5) is 10.5 Å². The molecular weight excluding hydrogens is 468 g/mol. The molecule has 1 spiro atoms. The molecule has 5 heterocycles. The first-order valence-corrected chi connectivity index (χ1v) is 10.1. The minimum Gasteiger partial charge on any atom is -0.439 e. The highest BCUT2D eigenvalue weighted by Gasteiger charge is 2.55. The average Bonchev–Trinajstić information content (AvgIpc) is 3.05. The van der Waals surface area contributed by atoms with E-state index in [1.165, 1.54) is 15.0 Å². The predicted octanol–water partition coefficient (Wildman–Crippen LogP) is 4.97. The Bertz CT molecular complexity index is 847. The standard InChI is InChI=1S/C18H19BrN2O2S.BrH/c1-11-16(19)14-8-13(2-3-15(14)24-11)21-10-18(23-17(21)22)9-20-6-4-12(18)5-7-20;/h2-3,8,12H,4-7,9-10H2,1H3;1H/t18-;/m1./s1. The Morgan fingerprint density at radius 2 is 2.04 bits per heavy atom. The quantitative estimate of drug-likeness (QED) is 0.569. The number of rotatable bonds is 1. The van der Waals surface area contributed by atoms with Gasteiger partial charge in [-0.2, -0.15) is 0 Å². The van der Waals surface area contributed by atoms with E-state index >= 15 is 0 Å². The number of anilines is 1. The summed E-state index contributed by atoms with van der Waals surface area (Å²) in [4.78, 5) is 18.2. The minimum absolute atomic E-state index is 0.